The van der Waals surface area contributed by atoms with Gasteiger partial charge in [0.05, 0.1) is 12.8 Å². The Hall–Kier alpha value is -4.14. The van der Waals surface area contributed by atoms with Crippen LogP contribution in [0.4, 0.5) is 22.0 Å². The molecular formula is C29H32N6O3. The van der Waals surface area contributed by atoms with Crippen LogP contribution in [-0.2, 0) is 12.8 Å². The fraction of sp³-hybridized carbons (Fsp3) is 0.379. The number of amides is 2. The van der Waals surface area contributed by atoms with Crippen LogP contribution in [0.2, 0.25) is 0 Å². The Kier molecular flexibility index (Phi) is 6.35. The van der Waals surface area contributed by atoms with Crippen molar-refractivity contribution >= 4 is 28.9 Å². The lowest BCUT2D eigenvalue weighted by molar-refractivity contribution is 0.177. The number of aryl methyl sites for hydroxylation is 1. The summed E-state index contributed by atoms with van der Waals surface area (Å²) >= 11 is 0. The summed E-state index contributed by atoms with van der Waals surface area (Å²) in [5, 5.41) is 3.09. The van der Waals surface area contributed by atoms with Gasteiger partial charge in [0.1, 0.15) is 23.6 Å². The molecule has 6 rings (SSSR count). The quantitative estimate of drug-likeness (QED) is 0.499. The summed E-state index contributed by atoms with van der Waals surface area (Å²) in [7, 11) is 1.66. The van der Waals surface area contributed by atoms with E-state index in [9.17, 15) is 4.79 Å². The molecule has 2 amide bonds. The summed E-state index contributed by atoms with van der Waals surface area (Å²) in [6.07, 6.45) is 4.95. The van der Waals surface area contributed by atoms with Crippen molar-refractivity contribution < 1.29 is 14.3 Å². The second-order valence-corrected chi connectivity index (χ2v) is 10.2. The average molecular weight is 513 g/mol. The molecule has 9 heteroatoms. The number of piperidine rings is 1. The zero-order valence-corrected chi connectivity index (χ0v) is 22.0. The molecule has 3 aromatic rings. The fourth-order valence-electron chi connectivity index (χ4n) is 5.67. The minimum absolute atomic E-state index is 0.0321. The number of benzene rings is 2. The Morgan fingerprint density at radius 3 is 2.61 bits per heavy atom. The monoisotopic (exact) mass is 512 g/mol. The van der Waals surface area contributed by atoms with Gasteiger partial charge in [-0.3, -0.25) is 4.99 Å². The molecule has 4 heterocycles. The molecule has 0 spiro atoms. The zero-order valence-electron chi connectivity index (χ0n) is 22.0. The Morgan fingerprint density at radius 2 is 1.79 bits per heavy atom. The van der Waals surface area contributed by atoms with Crippen molar-refractivity contribution in [2.45, 2.75) is 45.6 Å². The molecule has 38 heavy (non-hydrogen) atoms. The van der Waals surface area contributed by atoms with Crippen molar-refractivity contribution in [3.63, 3.8) is 0 Å². The second kappa shape index (κ2) is 9.96. The molecule has 196 valence electrons. The number of fused-ring (bicyclic) bond motifs is 2. The largest absolute Gasteiger partial charge is 0.497 e. The van der Waals surface area contributed by atoms with E-state index in [0.717, 1.165) is 84.3 Å². The molecule has 0 atom stereocenters. The van der Waals surface area contributed by atoms with E-state index < -0.39 is 0 Å². The van der Waals surface area contributed by atoms with Gasteiger partial charge in [-0.25, -0.2) is 14.8 Å². The first kappa shape index (κ1) is 24.2. The van der Waals surface area contributed by atoms with E-state index in [1.807, 2.05) is 35.2 Å². The predicted octanol–water partition coefficient (Wildman–Crippen LogP) is 5.29. The lowest BCUT2D eigenvalue weighted by atomic mass is 10.0. The van der Waals surface area contributed by atoms with E-state index >= 15 is 0 Å². The molecular weight excluding hydrogens is 480 g/mol. The van der Waals surface area contributed by atoms with Gasteiger partial charge in [0.2, 0.25) is 5.88 Å². The molecule has 2 aromatic carbocycles. The van der Waals surface area contributed by atoms with E-state index in [4.69, 9.17) is 9.47 Å². The van der Waals surface area contributed by atoms with Crippen LogP contribution in [0.25, 0.3) is 0 Å². The third kappa shape index (κ3) is 4.76. The van der Waals surface area contributed by atoms with E-state index in [1.54, 1.807) is 13.4 Å². The summed E-state index contributed by atoms with van der Waals surface area (Å²) in [4.78, 5) is 30.8. The number of nitrogens with zero attached hydrogens (tertiary/aromatic N) is 5. The molecule has 0 saturated carbocycles. The summed E-state index contributed by atoms with van der Waals surface area (Å²) in [6, 6.07) is 11.9. The summed E-state index contributed by atoms with van der Waals surface area (Å²) in [6.45, 7) is 6.41. The fourth-order valence-corrected chi connectivity index (χ4v) is 5.67. The second-order valence-electron chi connectivity index (χ2n) is 10.2. The molecule has 1 N–H and O–H groups in total. The number of rotatable bonds is 5. The number of anilines is 2. The van der Waals surface area contributed by atoms with Crippen LogP contribution in [0.15, 0.2) is 47.7 Å². The minimum atomic E-state index is -0.0321. The Morgan fingerprint density at radius 1 is 0.974 bits per heavy atom. The first-order valence-corrected chi connectivity index (χ1v) is 13.1. The Bertz CT molecular complexity index is 1410. The number of carbonyl (C=O) groups excluding carboxylic acids is 1. The van der Waals surface area contributed by atoms with Crippen LogP contribution in [-0.4, -0.2) is 59.4 Å². The van der Waals surface area contributed by atoms with Gasteiger partial charge in [-0.2, -0.15) is 0 Å². The van der Waals surface area contributed by atoms with Crippen molar-refractivity contribution in [1.82, 2.24) is 14.9 Å². The van der Waals surface area contributed by atoms with Gasteiger partial charge in [-0.1, -0.05) is 0 Å². The van der Waals surface area contributed by atoms with Gasteiger partial charge in [0, 0.05) is 49.6 Å². The molecule has 1 fully saturated rings. The van der Waals surface area contributed by atoms with Crippen molar-refractivity contribution in [1.29, 1.82) is 0 Å². The Labute approximate surface area is 222 Å². The predicted molar refractivity (Wildman–Crippen MR) is 147 cm³/mol. The molecule has 9 nitrogen and oxygen atoms in total. The highest BCUT2D eigenvalue weighted by molar-refractivity contribution is 5.93. The smallest absolute Gasteiger partial charge is 0.322 e. The summed E-state index contributed by atoms with van der Waals surface area (Å²) in [5.41, 5.74) is 6.44. The first-order chi connectivity index (χ1) is 18.5. The maximum atomic E-state index is 13.0. The Balaban J connectivity index is 1.09. The molecule has 0 aliphatic carbocycles. The van der Waals surface area contributed by atoms with Crippen LogP contribution in [0.5, 0.6) is 17.4 Å². The van der Waals surface area contributed by atoms with E-state index in [-0.39, 0.29) is 12.1 Å². The van der Waals surface area contributed by atoms with Gasteiger partial charge < -0.3 is 24.6 Å². The number of aromatic nitrogens is 2. The number of aliphatic imine (C=N–C) groups is 1. The van der Waals surface area contributed by atoms with Crippen LogP contribution in [0, 0.1) is 6.92 Å². The van der Waals surface area contributed by atoms with Crippen LogP contribution < -0.4 is 19.7 Å². The summed E-state index contributed by atoms with van der Waals surface area (Å²) in [5.74, 6) is 2.93. The van der Waals surface area contributed by atoms with Crippen LogP contribution in [0.1, 0.15) is 36.5 Å². The highest BCUT2D eigenvalue weighted by Gasteiger charge is 2.30. The standard InChI is InChI=1S/C29H32N6O3/c1-18-12-24(15-21-13-19(2)32-28(18)21)38-27-16-26(30-17-31-27)34-9-7-22(8-10-34)35-11-6-20-14-23(37-3)4-5-25(20)33-29(35)36/h4-5,12,14-17,22H,6-11,13H2,1-3H3,(H,33,36). The molecule has 0 radical (unpaired) electrons. The van der Waals surface area contributed by atoms with Gasteiger partial charge in [0.25, 0.3) is 0 Å². The molecule has 0 bridgehead atoms. The average Bonchev–Trinajstić information content (AvgIpc) is 3.22. The normalized spacial score (nSPS) is 17.3. The van der Waals surface area contributed by atoms with Crippen molar-refractivity contribution in [3.05, 3.63) is 59.4 Å². The lowest BCUT2D eigenvalue weighted by Gasteiger charge is -2.38. The van der Waals surface area contributed by atoms with Crippen LogP contribution in [0.3, 0.4) is 0 Å². The number of ether oxygens (including phenoxy) is 2. The maximum Gasteiger partial charge on any atom is 0.322 e. The molecule has 3 aliphatic rings. The number of urea groups is 1. The third-order valence-electron chi connectivity index (χ3n) is 7.62. The summed E-state index contributed by atoms with van der Waals surface area (Å²) < 4.78 is 11.5. The lowest BCUT2D eigenvalue weighted by Crippen LogP contribution is -2.49. The first-order valence-electron chi connectivity index (χ1n) is 13.1. The van der Waals surface area contributed by atoms with Gasteiger partial charge in [-0.15, -0.1) is 0 Å². The third-order valence-corrected chi connectivity index (χ3v) is 7.62. The number of carbonyl (C=O) groups is 1. The molecule has 0 unspecified atom stereocenters. The number of methoxy groups -OCH3 is 1. The zero-order chi connectivity index (χ0) is 26.2. The van der Waals surface area contributed by atoms with E-state index in [1.165, 1.54) is 5.56 Å². The van der Waals surface area contributed by atoms with Gasteiger partial charge in [0.15, 0.2) is 0 Å². The van der Waals surface area contributed by atoms with Crippen molar-refractivity contribution in [2.75, 3.05) is 37.0 Å². The number of nitrogens with one attached hydrogen (secondary N) is 1. The van der Waals surface area contributed by atoms with Crippen LogP contribution >= 0.6 is 0 Å². The minimum Gasteiger partial charge on any atom is -0.497 e. The van der Waals surface area contributed by atoms with Gasteiger partial charge in [-0.05, 0) is 80.1 Å². The van der Waals surface area contributed by atoms with E-state index in [2.05, 4.69) is 45.1 Å². The SMILES string of the molecule is COc1ccc2c(c1)CCN(C1CCN(c3cc(Oc4cc(C)c5c(c4)CC(C)=N5)ncn3)CC1)C(=O)N2. The van der Waals surface area contributed by atoms with E-state index in [0.29, 0.717) is 12.4 Å². The molecule has 3 aliphatic heterocycles. The highest BCUT2D eigenvalue weighted by Crippen LogP contribution is 2.36. The van der Waals surface area contributed by atoms with Gasteiger partial charge >= 0.3 is 6.03 Å². The highest BCUT2D eigenvalue weighted by atomic mass is 16.5. The van der Waals surface area contributed by atoms with Crippen molar-refractivity contribution in [2.24, 2.45) is 4.99 Å². The molecule has 1 aromatic heterocycles. The topological polar surface area (TPSA) is 92.2 Å². The number of hydrogen-bond donors (Lipinski definition) is 1. The maximum absolute atomic E-state index is 13.0. The van der Waals surface area contributed by atoms with Crippen molar-refractivity contribution in [3.8, 4) is 17.4 Å². The number of hydrogen-bond acceptors (Lipinski definition) is 7. The molecule has 1 saturated heterocycles.